The van der Waals surface area contributed by atoms with Crippen LogP contribution in [0.25, 0.3) is 0 Å². The molecule has 2 rings (SSSR count). The number of ether oxygens (including phenoxy) is 1. The van der Waals surface area contributed by atoms with Gasteiger partial charge in [0.1, 0.15) is 17.6 Å². The van der Waals surface area contributed by atoms with Crippen molar-refractivity contribution in [2.45, 2.75) is 38.5 Å². The summed E-state index contributed by atoms with van der Waals surface area (Å²) >= 11 is 5.82. The van der Waals surface area contributed by atoms with Crippen LogP contribution in [0, 0.1) is 0 Å². The number of hydrogen-bond acceptors (Lipinski definition) is 7. The van der Waals surface area contributed by atoms with Crippen molar-refractivity contribution in [2.75, 3.05) is 24.1 Å². The van der Waals surface area contributed by atoms with Crippen molar-refractivity contribution in [3.63, 3.8) is 0 Å². The number of aromatic nitrogens is 2. The van der Waals surface area contributed by atoms with Crippen LogP contribution in [-0.2, 0) is 4.74 Å². The number of aliphatic hydroxyl groups is 1. The number of nitrogens with zero attached hydrogens (tertiary/aromatic N) is 3. The van der Waals surface area contributed by atoms with E-state index in [1.807, 2.05) is 0 Å². The van der Waals surface area contributed by atoms with Gasteiger partial charge in [-0.15, -0.1) is 0 Å². The van der Waals surface area contributed by atoms with Gasteiger partial charge in [0.25, 0.3) is 0 Å². The molecule has 22 heavy (non-hydrogen) atoms. The number of halogens is 1. The average Bonchev–Trinajstić information content (AvgIpc) is 2.75. The minimum Gasteiger partial charge on any atom is -0.444 e. The van der Waals surface area contributed by atoms with Gasteiger partial charge in [-0.1, -0.05) is 11.6 Å². The number of rotatable bonds is 2. The summed E-state index contributed by atoms with van der Waals surface area (Å²) in [5.74, 6) is 0.329. The van der Waals surface area contributed by atoms with Crippen LogP contribution in [0.5, 0.6) is 0 Å². The topological polar surface area (TPSA) is 114 Å². The van der Waals surface area contributed by atoms with Crippen LogP contribution < -0.4 is 11.1 Å². The van der Waals surface area contributed by atoms with E-state index >= 15 is 0 Å². The molecule has 1 aromatic heterocycles. The summed E-state index contributed by atoms with van der Waals surface area (Å²) in [5.41, 5.74) is 5.39. The number of carbonyl (C=O) groups excluding carboxylic acids is 1. The van der Waals surface area contributed by atoms with Gasteiger partial charge in [0.15, 0.2) is 11.0 Å². The predicted molar refractivity (Wildman–Crippen MR) is 82.7 cm³/mol. The van der Waals surface area contributed by atoms with Crippen LogP contribution in [0.2, 0.25) is 5.15 Å². The van der Waals surface area contributed by atoms with Gasteiger partial charge >= 0.3 is 6.09 Å². The molecule has 2 atom stereocenters. The van der Waals surface area contributed by atoms with Crippen LogP contribution >= 0.6 is 11.6 Å². The zero-order valence-electron chi connectivity index (χ0n) is 12.7. The van der Waals surface area contributed by atoms with E-state index in [1.54, 1.807) is 20.8 Å². The molecule has 8 nitrogen and oxygen atoms in total. The maximum absolute atomic E-state index is 12.0. The normalized spacial score (nSPS) is 21.8. The molecule has 2 heterocycles. The molecular formula is C13H20ClN5O3. The lowest BCUT2D eigenvalue weighted by Crippen LogP contribution is -2.36. The lowest BCUT2D eigenvalue weighted by molar-refractivity contribution is 0.0270. The average molecular weight is 330 g/mol. The van der Waals surface area contributed by atoms with E-state index in [1.165, 1.54) is 11.2 Å². The minimum atomic E-state index is -0.763. The number of anilines is 2. The highest BCUT2D eigenvalue weighted by atomic mass is 35.5. The third-order valence-electron chi connectivity index (χ3n) is 3.10. The maximum Gasteiger partial charge on any atom is 0.410 e. The second kappa shape index (κ2) is 6.13. The van der Waals surface area contributed by atoms with Crippen molar-refractivity contribution >= 4 is 29.2 Å². The van der Waals surface area contributed by atoms with Crippen LogP contribution in [0.15, 0.2) is 6.33 Å². The molecule has 0 unspecified atom stereocenters. The quantitative estimate of drug-likeness (QED) is 0.696. The summed E-state index contributed by atoms with van der Waals surface area (Å²) in [4.78, 5) is 21.2. The Kier molecular flexibility index (Phi) is 4.62. The van der Waals surface area contributed by atoms with E-state index in [0.717, 1.165) is 0 Å². The Morgan fingerprint density at radius 1 is 1.50 bits per heavy atom. The molecule has 1 aliphatic rings. The Bertz CT molecular complexity index is 563. The summed E-state index contributed by atoms with van der Waals surface area (Å²) in [7, 11) is 0. The zero-order valence-corrected chi connectivity index (χ0v) is 13.5. The summed E-state index contributed by atoms with van der Waals surface area (Å²) in [6.07, 6.45) is 0.0405. The van der Waals surface area contributed by atoms with Crippen molar-refractivity contribution < 1.29 is 14.6 Å². The zero-order chi connectivity index (χ0) is 16.5. The summed E-state index contributed by atoms with van der Waals surface area (Å²) in [6, 6.07) is -0.416. The van der Waals surface area contributed by atoms with Gasteiger partial charge < -0.3 is 25.8 Å². The molecule has 1 saturated heterocycles. The molecule has 0 spiro atoms. The van der Waals surface area contributed by atoms with Gasteiger partial charge in [-0.3, -0.25) is 0 Å². The Labute approximate surface area is 133 Å². The summed E-state index contributed by atoms with van der Waals surface area (Å²) in [6.45, 7) is 5.81. The monoisotopic (exact) mass is 329 g/mol. The van der Waals surface area contributed by atoms with Crippen molar-refractivity contribution in [3.05, 3.63) is 11.5 Å². The van der Waals surface area contributed by atoms with Crippen molar-refractivity contribution in [2.24, 2.45) is 0 Å². The van der Waals surface area contributed by atoms with Crippen LogP contribution in [0.3, 0.4) is 0 Å². The summed E-state index contributed by atoms with van der Waals surface area (Å²) in [5, 5.41) is 13.2. The van der Waals surface area contributed by atoms with E-state index in [0.29, 0.717) is 5.82 Å². The second-order valence-corrected chi connectivity index (χ2v) is 6.49. The molecule has 0 radical (unpaired) electrons. The first-order valence-corrected chi connectivity index (χ1v) is 7.23. The van der Waals surface area contributed by atoms with E-state index in [-0.39, 0.29) is 23.9 Å². The molecule has 1 aliphatic heterocycles. The number of hydrogen-bond donors (Lipinski definition) is 3. The van der Waals surface area contributed by atoms with Crippen molar-refractivity contribution in [1.82, 2.24) is 14.9 Å². The summed E-state index contributed by atoms with van der Waals surface area (Å²) < 4.78 is 5.29. The number of likely N-dealkylation sites (tertiary alicyclic amines) is 1. The lowest BCUT2D eigenvalue weighted by atomic mass is 10.2. The number of amides is 1. The molecule has 122 valence electrons. The molecule has 4 N–H and O–H groups in total. The fourth-order valence-electron chi connectivity index (χ4n) is 2.07. The largest absolute Gasteiger partial charge is 0.444 e. The number of nitrogens with two attached hydrogens (primary N) is 1. The fraction of sp³-hybridized carbons (Fsp3) is 0.615. The number of nitrogens with one attached hydrogen (secondary N) is 1. The van der Waals surface area contributed by atoms with Gasteiger partial charge in [0.05, 0.1) is 18.7 Å². The first-order valence-electron chi connectivity index (χ1n) is 6.86. The third kappa shape index (κ3) is 3.89. The Morgan fingerprint density at radius 2 is 2.18 bits per heavy atom. The van der Waals surface area contributed by atoms with Crippen LogP contribution in [0.1, 0.15) is 20.8 Å². The number of nitrogen functional groups attached to an aromatic ring is 1. The molecule has 0 bridgehead atoms. The molecule has 9 heteroatoms. The Balaban J connectivity index is 2.02. The first kappa shape index (κ1) is 16.6. The lowest BCUT2D eigenvalue weighted by Gasteiger charge is -2.24. The Hall–Kier alpha value is -1.80. The number of β-amino-alcohol motifs (C(OH)–C–C–N with tert-alkyl or cyclic N) is 1. The highest BCUT2D eigenvalue weighted by molar-refractivity contribution is 6.32. The molecule has 0 aliphatic carbocycles. The van der Waals surface area contributed by atoms with E-state index < -0.39 is 23.8 Å². The van der Waals surface area contributed by atoms with E-state index in [4.69, 9.17) is 22.1 Å². The van der Waals surface area contributed by atoms with Gasteiger partial charge in [-0.25, -0.2) is 14.8 Å². The van der Waals surface area contributed by atoms with Crippen LogP contribution in [0.4, 0.5) is 16.3 Å². The molecular weight excluding hydrogens is 310 g/mol. The van der Waals surface area contributed by atoms with Crippen LogP contribution in [-0.4, -0.2) is 56.9 Å². The predicted octanol–water partition coefficient (Wildman–Crippen LogP) is 1.10. The van der Waals surface area contributed by atoms with Gasteiger partial charge in [-0.2, -0.15) is 0 Å². The van der Waals surface area contributed by atoms with E-state index in [9.17, 15) is 9.90 Å². The van der Waals surface area contributed by atoms with E-state index in [2.05, 4.69) is 15.3 Å². The Morgan fingerprint density at radius 3 is 2.82 bits per heavy atom. The first-order chi connectivity index (χ1) is 10.2. The second-order valence-electron chi connectivity index (χ2n) is 6.13. The highest BCUT2D eigenvalue weighted by Gasteiger charge is 2.36. The van der Waals surface area contributed by atoms with Gasteiger partial charge in [-0.05, 0) is 20.8 Å². The third-order valence-corrected chi connectivity index (χ3v) is 3.40. The molecule has 1 fully saturated rings. The molecule has 1 aromatic rings. The smallest absolute Gasteiger partial charge is 0.410 e. The maximum atomic E-state index is 12.0. The number of carbonyl (C=O) groups is 1. The standard InChI is InChI=1S/C13H20ClN5O3/c1-13(2,3)22-12(21)19-4-7(8(20)5-19)18-11-9(15)10(14)16-6-17-11/h6-8,20H,4-5,15H2,1-3H3,(H,16,17,18)/t7-,8-/m0/s1. The molecule has 1 amide bonds. The minimum absolute atomic E-state index is 0.133. The van der Waals surface area contributed by atoms with Crippen molar-refractivity contribution in [1.29, 1.82) is 0 Å². The molecule has 0 saturated carbocycles. The number of aliphatic hydroxyl groups excluding tert-OH is 1. The van der Waals surface area contributed by atoms with Crippen molar-refractivity contribution in [3.8, 4) is 0 Å². The molecule has 0 aromatic carbocycles. The SMILES string of the molecule is CC(C)(C)OC(=O)N1C[C@H](Nc2ncnc(Cl)c2N)[C@@H](O)C1. The fourth-order valence-corrected chi connectivity index (χ4v) is 2.20. The van der Waals surface area contributed by atoms with Gasteiger partial charge in [0.2, 0.25) is 0 Å². The van der Waals surface area contributed by atoms with Gasteiger partial charge in [0, 0.05) is 6.54 Å². The highest BCUT2D eigenvalue weighted by Crippen LogP contribution is 2.25.